The van der Waals surface area contributed by atoms with Crippen molar-refractivity contribution >= 4 is 23.3 Å². The van der Waals surface area contributed by atoms with Crippen LogP contribution in [0.25, 0.3) is 0 Å². The number of anilines is 1. The Morgan fingerprint density at radius 3 is 2.68 bits per heavy atom. The number of ether oxygens (including phenoxy) is 2. The van der Waals surface area contributed by atoms with Gasteiger partial charge in [-0.1, -0.05) is 29.8 Å². The summed E-state index contributed by atoms with van der Waals surface area (Å²) >= 11 is 6.25. The summed E-state index contributed by atoms with van der Waals surface area (Å²) in [5.74, 6) is 2.04. The maximum absolute atomic E-state index is 13.4. The second-order valence-corrected chi connectivity index (χ2v) is 8.08. The number of aromatic nitrogens is 3. The fourth-order valence-electron chi connectivity index (χ4n) is 4.48. The summed E-state index contributed by atoms with van der Waals surface area (Å²) in [4.78, 5) is 17.8. The lowest BCUT2D eigenvalue weighted by Crippen LogP contribution is -2.33. The first-order valence-electron chi connectivity index (χ1n) is 9.99. The van der Waals surface area contributed by atoms with Crippen molar-refractivity contribution < 1.29 is 14.3 Å². The molecule has 5 rings (SSSR count). The number of fused-ring (bicyclic) bond motifs is 1. The topological polar surface area (TPSA) is 78.3 Å². The Hall–Kier alpha value is -3.32. The predicted octanol–water partition coefficient (Wildman–Crippen LogP) is 4.36. The van der Waals surface area contributed by atoms with Gasteiger partial charge in [0.25, 0.3) is 0 Å². The highest BCUT2D eigenvalue weighted by atomic mass is 35.5. The third kappa shape index (κ3) is 3.35. The Morgan fingerprint density at radius 1 is 1.06 bits per heavy atom. The van der Waals surface area contributed by atoms with Crippen LogP contribution in [0.4, 0.5) is 5.95 Å². The Morgan fingerprint density at radius 2 is 1.90 bits per heavy atom. The number of Topliss-reactive ketones (excluding diaryl/α,β-unsaturated/α-hetero) is 1. The zero-order valence-electron chi connectivity index (χ0n) is 17.1. The number of rotatable bonds is 4. The van der Waals surface area contributed by atoms with E-state index < -0.39 is 0 Å². The highest BCUT2D eigenvalue weighted by molar-refractivity contribution is 6.30. The van der Waals surface area contributed by atoms with Crippen LogP contribution in [0.5, 0.6) is 11.5 Å². The minimum atomic E-state index is -0.355. The van der Waals surface area contributed by atoms with Crippen LogP contribution in [0.15, 0.2) is 60.1 Å². The number of nitrogens with zero attached hydrogens (tertiary/aromatic N) is 3. The molecule has 1 N–H and O–H groups in total. The van der Waals surface area contributed by atoms with E-state index in [1.165, 1.54) is 6.33 Å². The smallest absolute Gasteiger partial charge is 0.226 e. The van der Waals surface area contributed by atoms with Crippen molar-refractivity contribution in [1.82, 2.24) is 14.8 Å². The summed E-state index contributed by atoms with van der Waals surface area (Å²) in [6.45, 7) is 0. The first-order chi connectivity index (χ1) is 15.1. The van der Waals surface area contributed by atoms with E-state index in [9.17, 15) is 4.79 Å². The molecule has 2 heterocycles. The largest absolute Gasteiger partial charge is 0.493 e. The molecule has 3 aromatic rings. The van der Waals surface area contributed by atoms with Crippen LogP contribution < -0.4 is 14.8 Å². The fourth-order valence-corrected chi connectivity index (χ4v) is 4.68. The van der Waals surface area contributed by atoms with Gasteiger partial charge in [0.1, 0.15) is 12.4 Å². The first-order valence-corrected chi connectivity index (χ1v) is 10.4. The van der Waals surface area contributed by atoms with E-state index in [4.69, 9.17) is 21.1 Å². The average Bonchev–Trinajstić information content (AvgIpc) is 3.25. The number of hydrogen-bond acceptors (Lipinski definition) is 6. The Kier molecular flexibility index (Phi) is 4.90. The Balaban J connectivity index is 1.56. The van der Waals surface area contributed by atoms with Crippen LogP contribution >= 0.6 is 11.6 Å². The number of halogens is 1. The SMILES string of the molecule is COc1ccc(C2CC(=O)C3=C(C2)Nc2ncnn2C3c2cccc(Cl)c2)cc1OC. The molecule has 0 saturated heterocycles. The summed E-state index contributed by atoms with van der Waals surface area (Å²) in [7, 11) is 3.22. The van der Waals surface area contributed by atoms with Gasteiger partial charge in [-0.15, -0.1) is 0 Å². The summed E-state index contributed by atoms with van der Waals surface area (Å²) in [6, 6.07) is 13.0. The highest BCUT2D eigenvalue weighted by Crippen LogP contribution is 2.45. The molecular formula is C23H21ClN4O3. The Bertz CT molecular complexity index is 1200. The minimum Gasteiger partial charge on any atom is -0.493 e. The molecule has 2 atom stereocenters. The zero-order valence-corrected chi connectivity index (χ0v) is 17.9. The van der Waals surface area contributed by atoms with Crippen LogP contribution in [0.1, 0.15) is 35.9 Å². The van der Waals surface area contributed by atoms with Crippen molar-refractivity contribution in [2.75, 3.05) is 19.5 Å². The molecule has 0 bridgehead atoms. The molecule has 7 nitrogen and oxygen atoms in total. The number of methoxy groups -OCH3 is 2. The molecule has 0 saturated carbocycles. The number of ketones is 1. The number of carbonyl (C=O) groups excluding carboxylic acids is 1. The molecule has 0 amide bonds. The second kappa shape index (κ2) is 7.74. The molecule has 2 aliphatic rings. The van der Waals surface area contributed by atoms with E-state index in [-0.39, 0.29) is 17.7 Å². The maximum atomic E-state index is 13.4. The van der Waals surface area contributed by atoms with Crippen molar-refractivity contribution in [3.63, 3.8) is 0 Å². The van der Waals surface area contributed by atoms with E-state index in [0.717, 1.165) is 22.4 Å². The quantitative estimate of drug-likeness (QED) is 0.654. The molecule has 0 radical (unpaired) electrons. The van der Waals surface area contributed by atoms with E-state index in [1.54, 1.807) is 18.9 Å². The van der Waals surface area contributed by atoms with Gasteiger partial charge in [-0.25, -0.2) is 4.68 Å². The number of nitrogens with one attached hydrogen (secondary N) is 1. The first kappa shape index (κ1) is 19.6. The summed E-state index contributed by atoms with van der Waals surface area (Å²) in [6.07, 6.45) is 2.58. The molecule has 31 heavy (non-hydrogen) atoms. The maximum Gasteiger partial charge on any atom is 0.226 e. The zero-order chi connectivity index (χ0) is 21.5. The van der Waals surface area contributed by atoms with Crippen molar-refractivity contribution in [1.29, 1.82) is 0 Å². The van der Waals surface area contributed by atoms with Crippen LogP contribution in [0.2, 0.25) is 5.02 Å². The number of carbonyl (C=O) groups is 1. The van der Waals surface area contributed by atoms with Gasteiger partial charge >= 0.3 is 0 Å². The van der Waals surface area contributed by atoms with Crippen LogP contribution in [0, 0.1) is 0 Å². The molecule has 2 unspecified atom stereocenters. The number of allylic oxidation sites excluding steroid dienone is 2. The van der Waals surface area contributed by atoms with Gasteiger partial charge in [-0.05, 0) is 47.7 Å². The lowest BCUT2D eigenvalue weighted by molar-refractivity contribution is -0.116. The lowest BCUT2D eigenvalue weighted by Gasteiger charge is -2.35. The van der Waals surface area contributed by atoms with E-state index in [2.05, 4.69) is 15.4 Å². The molecule has 0 fully saturated rings. The standard InChI is InChI=1S/C23H21ClN4O3/c1-30-19-7-6-13(11-20(19)31-2)15-9-17-21(18(29)10-15)22(14-4-3-5-16(24)8-14)28-23(27-17)25-12-26-28/h3-8,11-12,15,22H,9-10H2,1-2H3,(H,25,26,27). The van der Waals surface area contributed by atoms with Gasteiger partial charge in [0.05, 0.1) is 14.2 Å². The molecule has 1 aliphatic carbocycles. The molecule has 1 aliphatic heterocycles. The highest BCUT2D eigenvalue weighted by Gasteiger charge is 2.39. The van der Waals surface area contributed by atoms with Crippen LogP contribution in [-0.4, -0.2) is 34.8 Å². The summed E-state index contributed by atoms with van der Waals surface area (Å²) in [5, 5.41) is 8.32. The average molecular weight is 437 g/mol. The molecular weight excluding hydrogens is 416 g/mol. The Labute approximate surface area is 184 Å². The third-order valence-electron chi connectivity index (χ3n) is 5.91. The molecule has 158 valence electrons. The second-order valence-electron chi connectivity index (χ2n) is 7.65. The predicted molar refractivity (Wildman–Crippen MR) is 117 cm³/mol. The molecule has 1 aromatic heterocycles. The summed E-state index contributed by atoms with van der Waals surface area (Å²) in [5.41, 5.74) is 3.54. The third-order valence-corrected chi connectivity index (χ3v) is 6.14. The number of benzene rings is 2. The summed E-state index contributed by atoms with van der Waals surface area (Å²) < 4.78 is 12.5. The van der Waals surface area contributed by atoms with Gasteiger partial charge in [-0.2, -0.15) is 10.1 Å². The van der Waals surface area contributed by atoms with Gasteiger partial charge in [0, 0.05) is 22.7 Å². The number of hydrogen-bond donors (Lipinski definition) is 1. The fraction of sp³-hybridized carbons (Fsp3) is 0.261. The monoisotopic (exact) mass is 436 g/mol. The van der Waals surface area contributed by atoms with Crippen LogP contribution in [-0.2, 0) is 4.79 Å². The molecule has 0 spiro atoms. The van der Waals surface area contributed by atoms with E-state index >= 15 is 0 Å². The normalized spacial score (nSPS) is 20.0. The van der Waals surface area contributed by atoms with Gasteiger partial charge < -0.3 is 14.8 Å². The van der Waals surface area contributed by atoms with Gasteiger partial charge in [0.2, 0.25) is 5.95 Å². The van der Waals surface area contributed by atoms with Crippen molar-refractivity contribution in [2.24, 2.45) is 0 Å². The van der Waals surface area contributed by atoms with Crippen molar-refractivity contribution in [3.05, 3.63) is 76.2 Å². The van der Waals surface area contributed by atoms with E-state index in [0.29, 0.717) is 35.3 Å². The van der Waals surface area contributed by atoms with Gasteiger partial charge in [-0.3, -0.25) is 4.79 Å². The molecule has 8 heteroatoms. The van der Waals surface area contributed by atoms with Gasteiger partial charge in [0.15, 0.2) is 17.3 Å². The van der Waals surface area contributed by atoms with E-state index in [1.807, 2.05) is 42.5 Å². The van der Waals surface area contributed by atoms with Crippen LogP contribution in [0.3, 0.4) is 0 Å². The van der Waals surface area contributed by atoms with Crippen molar-refractivity contribution in [3.8, 4) is 11.5 Å². The van der Waals surface area contributed by atoms with Crippen molar-refractivity contribution in [2.45, 2.75) is 24.8 Å². The molecule has 2 aromatic carbocycles. The minimum absolute atomic E-state index is 0.0213. The lowest BCUT2D eigenvalue weighted by atomic mass is 9.78.